The average Bonchev–Trinajstić information content (AvgIpc) is 3.45. The van der Waals surface area contributed by atoms with Gasteiger partial charge in [0.05, 0.1) is 22.1 Å². The molecule has 2 aliphatic rings. The van der Waals surface area contributed by atoms with Crippen molar-refractivity contribution < 1.29 is 23.1 Å². The summed E-state index contributed by atoms with van der Waals surface area (Å²) in [5.41, 5.74) is 0.681. The van der Waals surface area contributed by atoms with E-state index in [2.05, 4.69) is 10.3 Å². The predicted molar refractivity (Wildman–Crippen MR) is 134 cm³/mol. The van der Waals surface area contributed by atoms with Crippen LogP contribution in [0.25, 0.3) is 10.9 Å². The number of pyridine rings is 1. The number of carbonyl (C=O) groups excluding carboxylic acids is 1. The SMILES string of the molecule is CC(NC(=O)[C@@H]1CC2(CCCCC2)CN1C(=O)O)c1cc2cnccc2n1S(=O)(=O)c1ccccc1. The van der Waals surface area contributed by atoms with Crippen LogP contribution in [0.3, 0.4) is 0 Å². The number of nitrogens with one attached hydrogen (secondary N) is 1. The van der Waals surface area contributed by atoms with Crippen molar-refractivity contribution in [1.29, 1.82) is 0 Å². The molecule has 2 N–H and O–H groups in total. The Morgan fingerprint density at radius 3 is 2.56 bits per heavy atom. The average molecular weight is 511 g/mol. The Hall–Kier alpha value is -3.40. The van der Waals surface area contributed by atoms with Crippen molar-refractivity contribution in [3.05, 3.63) is 60.6 Å². The highest BCUT2D eigenvalue weighted by Gasteiger charge is 2.49. The number of amides is 2. The number of nitrogens with zero attached hydrogens (tertiary/aromatic N) is 3. The molecule has 2 amide bonds. The summed E-state index contributed by atoms with van der Waals surface area (Å²) >= 11 is 0. The standard InChI is InChI=1S/C26H30N4O5S/c1-18(28-24(31)23-15-26(11-6-3-7-12-26)17-29(23)25(32)33)22-14-19-16-27-13-10-21(19)30(22)36(34,35)20-8-4-2-5-9-20/h2,4-5,8-10,13-14,16,18,23H,3,6-7,11-12,15,17H2,1H3,(H,28,31)(H,32,33)/t18?,23-/m0/s1. The van der Waals surface area contributed by atoms with Crippen LogP contribution in [0.15, 0.2) is 59.8 Å². The van der Waals surface area contributed by atoms with Crippen molar-refractivity contribution in [3.8, 4) is 0 Å². The van der Waals surface area contributed by atoms with Crippen LogP contribution in [0.5, 0.6) is 0 Å². The molecule has 0 radical (unpaired) electrons. The lowest BCUT2D eigenvalue weighted by Crippen LogP contribution is -2.46. The molecule has 190 valence electrons. The van der Waals surface area contributed by atoms with E-state index >= 15 is 0 Å². The summed E-state index contributed by atoms with van der Waals surface area (Å²) < 4.78 is 28.6. The Bertz CT molecular complexity index is 1400. The first-order valence-corrected chi connectivity index (χ1v) is 13.7. The van der Waals surface area contributed by atoms with Crippen LogP contribution in [0.1, 0.15) is 57.2 Å². The Kier molecular flexibility index (Phi) is 6.23. The van der Waals surface area contributed by atoms with E-state index in [4.69, 9.17) is 0 Å². The van der Waals surface area contributed by atoms with Gasteiger partial charge in [-0.05, 0) is 55.9 Å². The first kappa shape index (κ1) is 24.3. The molecule has 0 bridgehead atoms. The number of hydrogen-bond acceptors (Lipinski definition) is 5. The monoisotopic (exact) mass is 510 g/mol. The molecule has 9 nitrogen and oxygen atoms in total. The first-order chi connectivity index (χ1) is 17.2. The lowest BCUT2D eigenvalue weighted by Gasteiger charge is -2.32. The van der Waals surface area contributed by atoms with Crippen molar-refractivity contribution >= 4 is 32.9 Å². The molecule has 36 heavy (non-hydrogen) atoms. The van der Waals surface area contributed by atoms with E-state index in [9.17, 15) is 23.1 Å². The molecule has 1 unspecified atom stereocenters. The topological polar surface area (TPSA) is 122 Å². The summed E-state index contributed by atoms with van der Waals surface area (Å²) in [5, 5.41) is 13.4. The second kappa shape index (κ2) is 9.24. The zero-order chi connectivity index (χ0) is 25.5. The fraction of sp³-hybridized carbons (Fsp3) is 0.423. The first-order valence-electron chi connectivity index (χ1n) is 12.3. The molecule has 2 atom stereocenters. The van der Waals surface area contributed by atoms with Gasteiger partial charge in [-0.15, -0.1) is 0 Å². The predicted octanol–water partition coefficient (Wildman–Crippen LogP) is 4.15. The minimum Gasteiger partial charge on any atom is -0.465 e. The van der Waals surface area contributed by atoms with Crippen molar-refractivity contribution in [2.24, 2.45) is 5.41 Å². The van der Waals surface area contributed by atoms with E-state index in [1.807, 2.05) is 0 Å². The number of rotatable bonds is 5. The van der Waals surface area contributed by atoms with Gasteiger partial charge >= 0.3 is 6.09 Å². The molecular weight excluding hydrogens is 480 g/mol. The smallest absolute Gasteiger partial charge is 0.407 e. The van der Waals surface area contributed by atoms with E-state index in [0.717, 1.165) is 32.1 Å². The number of benzene rings is 1. The Balaban J connectivity index is 1.47. The third-order valence-corrected chi connectivity index (χ3v) is 9.40. The van der Waals surface area contributed by atoms with Crippen LogP contribution in [0.2, 0.25) is 0 Å². The second-order valence-corrected chi connectivity index (χ2v) is 11.8. The van der Waals surface area contributed by atoms with Crippen LogP contribution in [0, 0.1) is 5.41 Å². The molecule has 3 aromatic rings. The van der Waals surface area contributed by atoms with Crippen molar-refractivity contribution in [3.63, 3.8) is 0 Å². The maximum absolute atomic E-state index is 13.7. The van der Waals surface area contributed by atoms with Gasteiger partial charge in [0.2, 0.25) is 5.91 Å². The highest BCUT2D eigenvalue weighted by Crippen LogP contribution is 2.46. The van der Waals surface area contributed by atoms with Crippen LogP contribution < -0.4 is 5.32 Å². The van der Waals surface area contributed by atoms with Crippen LogP contribution >= 0.6 is 0 Å². The third-order valence-electron chi connectivity index (χ3n) is 7.64. The molecule has 2 fully saturated rings. The number of carboxylic acid groups (broad SMARTS) is 1. The number of likely N-dealkylation sites (tertiary alicyclic amines) is 1. The summed E-state index contributed by atoms with van der Waals surface area (Å²) in [6, 6.07) is 9.97. The van der Waals surface area contributed by atoms with Gasteiger partial charge in [-0.25, -0.2) is 17.2 Å². The van der Waals surface area contributed by atoms with Crippen LogP contribution in [-0.2, 0) is 14.8 Å². The zero-order valence-electron chi connectivity index (χ0n) is 20.1. The third kappa shape index (κ3) is 4.23. The van der Waals surface area contributed by atoms with Crippen LogP contribution in [0.4, 0.5) is 4.79 Å². The van der Waals surface area contributed by atoms with Gasteiger partial charge in [-0.3, -0.25) is 14.7 Å². The molecule has 1 aromatic carbocycles. The molecule has 1 aliphatic heterocycles. The lowest BCUT2D eigenvalue weighted by molar-refractivity contribution is -0.125. The summed E-state index contributed by atoms with van der Waals surface area (Å²) in [7, 11) is -3.97. The Morgan fingerprint density at radius 2 is 1.86 bits per heavy atom. The van der Waals surface area contributed by atoms with Gasteiger partial charge in [0.15, 0.2) is 0 Å². The summed E-state index contributed by atoms with van der Waals surface area (Å²) in [6.45, 7) is 2.08. The van der Waals surface area contributed by atoms with Gasteiger partial charge in [-0.1, -0.05) is 37.5 Å². The molecule has 3 heterocycles. The van der Waals surface area contributed by atoms with Crippen molar-refractivity contribution in [2.45, 2.75) is 62.4 Å². The lowest BCUT2D eigenvalue weighted by atomic mass is 9.72. The van der Waals surface area contributed by atoms with Gasteiger partial charge in [0.1, 0.15) is 6.04 Å². The Labute approximate surface area is 210 Å². The number of hydrogen-bond donors (Lipinski definition) is 2. The van der Waals surface area contributed by atoms with E-state index < -0.39 is 34.1 Å². The molecule has 1 spiro atoms. The fourth-order valence-corrected chi connectivity index (χ4v) is 7.48. The van der Waals surface area contributed by atoms with E-state index in [1.165, 1.54) is 27.2 Å². The molecule has 10 heteroatoms. The highest BCUT2D eigenvalue weighted by atomic mass is 32.2. The maximum Gasteiger partial charge on any atom is 0.407 e. The zero-order valence-corrected chi connectivity index (χ0v) is 20.9. The molecule has 1 aliphatic carbocycles. The van der Waals surface area contributed by atoms with Gasteiger partial charge < -0.3 is 10.4 Å². The highest BCUT2D eigenvalue weighted by molar-refractivity contribution is 7.90. The van der Waals surface area contributed by atoms with Crippen molar-refractivity contribution in [1.82, 2.24) is 19.2 Å². The van der Waals surface area contributed by atoms with E-state index in [1.54, 1.807) is 43.5 Å². The number of fused-ring (bicyclic) bond motifs is 1. The number of carbonyl (C=O) groups is 2. The summed E-state index contributed by atoms with van der Waals surface area (Å²) in [4.78, 5) is 30.9. The fourth-order valence-electron chi connectivity index (χ4n) is 5.86. The number of aromatic nitrogens is 2. The van der Waals surface area contributed by atoms with E-state index in [0.29, 0.717) is 29.6 Å². The summed E-state index contributed by atoms with van der Waals surface area (Å²) in [6.07, 6.45) is 7.58. The quantitative estimate of drug-likeness (QED) is 0.532. The normalized spacial score (nSPS) is 20.5. The summed E-state index contributed by atoms with van der Waals surface area (Å²) in [5.74, 6) is -0.403. The maximum atomic E-state index is 13.7. The molecule has 2 aromatic heterocycles. The minimum absolute atomic E-state index is 0.131. The van der Waals surface area contributed by atoms with Gasteiger partial charge in [0, 0.05) is 24.3 Å². The molecule has 1 saturated carbocycles. The molecule has 5 rings (SSSR count). The van der Waals surface area contributed by atoms with Crippen LogP contribution in [-0.4, -0.2) is 52.0 Å². The largest absolute Gasteiger partial charge is 0.465 e. The Morgan fingerprint density at radius 1 is 1.14 bits per heavy atom. The van der Waals surface area contributed by atoms with Crippen molar-refractivity contribution in [2.75, 3.05) is 6.54 Å². The van der Waals surface area contributed by atoms with Gasteiger partial charge in [0.25, 0.3) is 10.0 Å². The molecular formula is C26H30N4O5S. The second-order valence-electron chi connectivity index (χ2n) is 10.0. The van der Waals surface area contributed by atoms with E-state index in [-0.39, 0.29) is 10.3 Å². The molecule has 1 saturated heterocycles. The van der Waals surface area contributed by atoms with Gasteiger partial charge in [-0.2, -0.15) is 0 Å². The minimum atomic E-state index is -3.97.